The van der Waals surface area contributed by atoms with Crippen molar-refractivity contribution in [3.05, 3.63) is 29.8 Å². The summed E-state index contributed by atoms with van der Waals surface area (Å²) in [5.41, 5.74) is 0.628. The number of hydrogen-bond acceptors (Lipinski definition) is 11. The summed E-state index contributed by atoms with van der Waals surface area (Å²) in [6, 6.07) is 4.84. The third-order valence-electron chi connectivity index (χ3n) is 11.1. The van der Waals surface area contributed by atoms with Gasteiger partial charge in [0.1, 0.15) is 31.5 Å². The number of nitrogens with zero attached hydrogens (tertiary/aromatic N) is 1. The van der Waals surface area contributed by atoms with E-state index in [4.69, 9.17) is 18.5 Å². The molecule has 4 atom stereocenters. The van der Waals surface area contributed by atoms with Gasteiger partial charge in [-0.1, -0.05) is 142 Å². The van der Waals surface area contributed by atoms with Crippen LogP contribution in [0.4, 0.5) is 0 Å². The van der Waals surface area contributed by atoms with Crippen molar-refractivity contribution in [1.82, 2.24) is 10.6 Å². The van der Waals surface area contributed by atoms with Gasteiger partial charge in [0.2, 0.25) is 11.8 Å². The highest BCUT2D eigenvalue weighted by molar-refractivity contribution is 7.47. The van der Waals surface area contributed by atoms with E-state index in [1.165, 1.54) is 69.9 Å². The Kier molecular flexibility index (Phi) is 32.6. The fourth-order valence-electron chi connectivity index (χ4n) is 6.94. The number of unbranched alkanes of at least 4 members (excludes halogenated alkanes) is 18. The zero-order valence-electron chi connectivity index (χ0n) is 40.4. The van der Waals surface area contributed by atoms with E-state index in [0.29, 0.717) is 35.9 Å². The number of carboxylic acids is 1. The molecule has 0 spiro atoms. The Morgan fingerprint density at radius 3 is 1.74 bits per heavy atom. The highest BCUT2D eigenvalue weighted by Gasteiger charge is 2.27. The number of nitrogens with one attached hydrogen (secondary N) is 2. The number of rotatable bonds is 41. The molecule has 0 aliphatic carbocycles. The van der Waals surface area contributed by atoms with E-state index in [1.807, 2.05) is 21.1 Å². The molecule has 374 valence electrons. The van der Waals surface area contributed by atoms with Crippen molar-refractivity contribution in [3.8, 4) is 5.75 Å². The maximum absolute atomic E-state index is 12.8. The van der Waals surface area contributed by atoms with Gasteiger partial charge < -0.3 is 39.7 Å². The number of quaternary nitrogens is 1. The molecule has 16 nitrogen and oxygen atoms in total. The van der Waals surface area contributed by atoms with Crippen LogP contribution in [0.25, 0.3) is 0 Å². The van der Waals surface area contributed by atoms with Gasteiger partial charge in [-0.2, -0.15) is 0 Å². The highest BCUT2D eigenvalue weighted by Crippen LogP contribution is 2.43. The molecule has 17 heteroatoms. The van der Waals surface area contributed by atoms with Gasteiger partial charge in [-0.3, -0.25) is 28.2 Å². The van der Waals surface area contributed by atoms with Crippen LogP contribution in [0.2, 0.25) is 0 Å². The Morgan fingerprint density at radius 2 is 1.22 bits per heavy atom. The molecule has 1 rings (SSSR count). The first-order valence-corrected chi connectivity index (χ1v) is 25.8. The summed E-state index contributed by atoms with van der Waals surface area (Å²) in [7, 11) is 1.31. The summed E-state index contributed by atoms with van der Waals surface area (Å²) >= 11 is 0. The first kappa shape index (κ1) is 59.5. The Hall–Kier alpha value is -3.56. The predicted molar refractivity (Wildman–Crippen MR) is 251 cm³/mol. The lowest BCUT2D eigenvalue weighted by Gasteiger charge is -2.24. The third-order valence-corrected chi connectivity index (χ3v) is 12.0. The van der Waals surface area contributed by atoms with Crippen LogP contribution in [0.1, 0.15) is 167 Å². The molecule has 0 bridgehead atoms. The Bertz CT molecular complexity index is 1520. The van der Waals surface area contributed by atoms with Crippen LogP contribution < -0.4 is 10.6 Å². The fraction of sp³-hybridized carbons (Fsp3) is 0.771. The second-order valence-corrected chi connectivity index (χ2v) is 19.8. The molecular weight excluding hydrogens is 858 g/mol. The molecule has 0 aliphatic heterocycles. The van der Waals surface area contributed by atoms with Crippen LogP contribution in [0.5, 0.6) is 5.75 Å². The van der Waals surface area contributed by atoms with E-state index >= 15 is 0 Å². The number of phenolic OH excluding ortho intramolecular Hbond substituents is 1. The number of carboxylic acid groups (broad SMARTS) is 1. The van der Waals surface area contributed by atoms with Crippen LogP contribution >= 0.6 is 7.82 Å². The zero-order chi connectivity index (χ0) is 48.4. The summed E-state index contributed by atoms with van der Waals surface area (Å²) in [5, 5.41) is 24.0. The van der Waals surface area contributed by atoms with E-state index < -0.39 is 50.4 Å². The average Bonchev–Trinajstić information content (AvgIpc) is 3.24. The molecule has 5 N–H and O–H groups in total. The summed E-state index contributed by atoms with van der Waals surface area (Å²) in [6.07, 6.45) is 21.3. The monoisotopic (exact) mass is 943 g/mol. The number of aliphatic carboxylic acids is 1. The molecule has 0 heterocycles. The normalized spacial score (nSPS) is 13.9. The van der Waals surface area contributed by atoms with Crippen LogP contribution in [-0.4, -0.2) is 116 Å². The number of phosphoric acid groups is 1. The first-order valence-electron chi connectivity index (χ1n) is 24.3. The van der Waals surface area contributed by atoms with Gasteiger partial charge >= 0.3 is 25.7 Å². The van der Waals surface area contributed by atoms with E-state index in [1.54, 1.807) is 19.1 Å². The molecule has 2 unspecified atom stereocenters. The number of benzene rings is 1. The number of ether oxygens (including phenoxy) is 2. The van der Waals surface area contributed by atoms with Crippen LogP contribution in [-0.2, 0) is 53.5 Å². The Labute approximate surface area is 389 Å². The van der Waals surface area contributed by atoms with Gasteiger partial charge in [0.05, 0.1) is 34.3 Å². The molecular formula is C48H85N3O13P+. The van der Waals surface area contributed by atoms with Gasteiger partial charge in [0.25, 0.3) is 0 Å². The van der Waals surface area contributed by atoms with Crippen molar-refractivity contribution >= 4 is 37.5 Å². The van der Waals surface area contributed by atoms with E-state index in [-0.39, 0.29) is 56.6 Å². The van der Waals surface area contributed by atoms with Gasteiger partial charge in [-0.15, -0.1) is 0 Å². The molecule has 0 aromatic heterocycles. The molecule has 2 amide bonds. The fourth-order valence-corrected chi connectivity index (χ4v) is 7.68. The van der Waals surface area contributed by atoms with Crippen molar-refractivity contribution in [3.63, 3.8) is 0 Å². The lowest BCUT2D eigenvalue weighted by molar-refractivity contribution is -0.870. The third kappa shape index (κ3) is 34.4. The van der Waals surface area contributed by atoms with Crippen LogP contribution in [0.3, 0.4) is 0 Å². The smallest absolute Gasteiger partial charge is 0.472 e. The van der Waals surface area contributed by atoms with Crippen molar-refractivity contribution < 1.29 is 66.6 Å². The topological polar surface area (TPSA) is 224 Å². The maximum atomic E-state index is 12.8. The molecule has 0 aliphatic rings. The second-order valence-electron chi connectivity index (χ2n) is 18.4. The molecule has 0 radical (unpaired) electrons. The summed E-state index contributed by atoms with van der Waals surface area (Å²) < 4.78 is 34.2. The number of aromatic hydroxyl groups is 1. The largest absolute Gasteiger partial charge is 0.508 e. The average molecular weight is 943 g/mol. The Balaban J connectivity index is 2.34. The van der Waals surface area contributed by atoms with Gasteiger partial charge in [-0.25, -0.2) is 9.36 Å². The molecule has 1 aromatic rings. The molecule has 0 fully saturated rings. The highest BCUT2D eigenvalue weighted by atomic mass is 31.2. The minimum Gasteiger partial charge on any atom is -0.508 e. The van der Waals surface area contributed by atoms with Gasteiger partial charge in [-0.05, 0) is 37.0 Å². The molecule has 65 heavy (non-hydrogen) atoms. The van der Waals surface area contributed by atoms with Crippen molar-refractivity contribution in [2.75, 3.05) is 54.1 Å². The summed E-state index contributed by atoms with van der Waals surface area (Å²) in [6.45, 7) is 3.36. The first-order chi connectivity index (χ1) is 30.9. The number of carbonyl (C=O) groups is 5. The lowest BCUT2D eigenvalue weighted by Crippen LogP contribution is -2.47. The predicted octanol–water partition coefficient (Wildman–Crippen LogP) is 8.54. The standard InChI is InChI=1S/C48H84N3O13P/c1-6-7-8-9-10-11-12-13-14-15-18-21-24-27-45(54)61-37-42(38-63-65(59,60)62-34-33-51(3,4)5)64-46(55)28-25-22-19-16-17-20-23-26-39(2)47(56)49-36-44(53)50-43(48(57)58)35-40-29-31-41(52)32-30-40/h29-32,39,42-43H,6-28,33-38H2,1-5H3,(H4-,49,50,52,53,56,57,58,59,60)/p+1/t39-,42+,43?/m0/s1. The number of hydrogen-bond donors (Lipinski definition) is 5. The summed E-state index contributed by atoms with van der Waals surface area (Å²) in [5.74, 6) is -3.33. The number of phenols is 1. The number of likely N-dealkylation sites (N-methyl/N-ethyl adjacent to an activating group) is 1. The number of esters is 2. The quantitative estimate of drug-likeness (QED) is 0.0180. The Morgan fingerprint density at radius 1 is 0.708 bits per heavy atom. The zero-order valence-corrected chi connectivity index (χ0v) is 41.3. The summed E-state index contributed by atoms with van der Waals surface area (Å²) in [4.78, 5) is 72.1. The minimum absolute atomic E-state index is 0.0155. The van der Waals surface area contributed by atoms with Crippen molar-refractivity contribution in [2.45, 2.75) is 180 Å². The maximum Gasteiger partial charge on any atom is 0.472 e. The number of carbonyl (C=O) groups excluding carboxylic acids is 4. The number of amides is 2. The van der Waals surface area contributed by atoms with Crippen LogP contribution in [0, 0.1) is 5.92 Å². The van der Waals surface area contributed by atoms with E-state index in [0.717, 1.165) is 57.8 Å². The SMILES string of the molecule is CCCCCCCCCCCCCCCC(=O)OC[C@H](COP(=O)(O)OCC[N+](C)(C)C)OC(=O)CCCCCCCCC[C@H](C)C(=O)NCC(=O)NC(Cc1ccc(O)cc1)C(=O)O. The van der Waals surface area contributed by atoms with Gasteiger partial charge in [0.15, 0.2) is 6.10 Å². The molecule has 0 saturated heterocycles. The minimum atomic E-state index is -4.44. The van der Waals surface area contributed by atoms with E-state index in [9.17, 15) is 43.6 Å². The van der Waals surface area contributed by atoms with Gasteiger partial charge in [0, 0.05) is 25.2 Å². The number of phosphoric ester groups is 1. The lowest BCUT2D eigenvalue weighted by atomic mass is 10.0. The second kappa shape index (κ2) is 35.6. The van der Waals surface area contributed by atoms with Crippen molar-refractivity contribution in [2.24, 2.45) is 5.92 Å². The van der Waals surface area contributed by atoms with Crippen LogP contribution in [0.15, 0.2) is 24.3 Å². The van der Waals surface area contributed by atoms with Crippen molar-refractivity contribution in [1.29, 1.82) is 0 Å². The molecule has 1 aromatic carbocycles. The van der Waals surface area contributed by atoms with E-state index in [2.05, 4.69) is 17.6 Å². The molecule has 0 saturated carbocycles.